The largest absolute Gasteiger partial charge is 0.469 e. The number of terminal acetylenes is 1. The van der Waals surface area contributed by atoms with Crippen molar-refractivity contribution in [1.29, 1.82) is 0 Å². The number of benzene rings is 1. The number of rotatable bonds is 11. The lowest BCUT2D eigenvalue weighted by molar-refractivity contribution is -0.146. The molecule has 0 bridgehead atoms. The Hall–Kier alpha value is -2.02. The molecule has 0 aliphatic heterocycles. The molecule has 0 saturated heterocycles. The van der Waals surface area contributed by atoms with Gasteiger partial charge >= 0.3 is 5.97 Å². The molecule has 0 aliphatic carbocycles. The van der Waals surface area contributed by atoms with Crippen molar-refractivity contribution >= 4 is 35.7 Å². The molecule has 1 aromatic carbocycles. The van der Waals surface area contributed by atoms with E-state index in [1.165, 1.54) is 7.11 Å². The summed E-state index contributed by atoms with van der Waals surface area (Å²) in [6, 6.07) is 5.95. The third-order valence-electron chi connectivity index (χ3n) is 4.46. The van der Waals surface area contributed by atoms with Crippen molar-refractivity contribution in [3.05, 3.63) is 45.3 Å². The lowest BCUT2D eigenvalue weighted by Crippen LogP contribution is -2.44. The number of hydrogen-bond donors (Lipinski definition) is 0. The van der Waals surface area contributed by atoms with Crippen LogP contribution in [0.1, 0.15) is 11.6 Å². The van der Waals surface area contributed by atoms with Gasteiger partial charge in [-0.15, -0.1) is 6.42 Å². The second-order valence-electron chi connectivity index (χ2n) is 7.92. The molecular formula is C19H27ClN4O4SSi. The predicted octanol–water partition coefficient (Wildman–Crippen LogP) is 4.08. The first-order valence-corrected chi connectivity index (χ1v) is 14.9. The Balaban J connectivity index is 3.60. The topological polar surface area (TPSA) is 112 Å². The smallest absolute Gasteiger partial charge is 0.310 e. The molecule has 30 heavy (non-hydrogen) atoms. The quantitative estimate of drug-likeness (QED) is 0.121. The first-order chi connectivity index (χ1) is 14.0. The van der Waals surface area contributed by atoms with Crippen molar-refractivity contribution in [2.24, 2.45) is 11.0 Å². The van der Waals surface area contributed by atoms with Gasteiger partial charge in [-0.2, -0.15) is 4.31 Å². The maximum absolute atomic E-state index is 13.3. The van der Waals surface area contributed by atoms with Crippen LogP contribution in [0.2, 0.25) is 30.7 Å². The normalized spacial score (nSPS) is 13.8. The number of ether oxygens (including phenoxy) is 1. The lowest BCUT2D eigenvalue weighted by Gasteiger charge is -2.34. The molecule has 0 aliphatic rings. The summed E-state index contributed by atoms with van der Waals surface area (Å²) in [6.07, 6.45) is 5.49. The van der Waals surface area contributed by atoms with Gasteiger partial charge in [0.15, 0.2) is 0 Å². The van der Waals surface area contributed by atoms with Crippen LogP contribution in [0.3, 0.4) is 0 Å². The van der Waals surface area contributed by atoms with E-state index in [2.05, 4.69) is 35.6 Å². The molecule has 0 N–H and O–H groups in total. The summed E-state index contributed by atoms with van der Waals surface area (Å²) in [7, 11) is -4.31. The summed E-state index contributed by atoms with van der Waals surface area (Å²) in [5, 5.41) is 3.95. The number of nitrogens with zero attached hydrogens (tertiary/aromatic N) is 4. The van der Waals surface area contributed by atoms with Crippen LogP contribution in [0.4, 0.5) is 0 Å². The average molecular weight is 471 g/mol. The minimum atomic E-state index is -3.84. The van der Waals surface area contributed by atoms with Crippen LogP contribution in [-0.2, 0) is 19.6 Å². The maximum Gasteiger partial charge on any atom is 0.310 e. The number of methoxy groups -OCH3 is 1. The summed E-state index contributed by atoms with van der Waals surface area (Å²) in [5.41, 5.74) is 9.26. The van der Waals surface area contributed by atoms with E-state index in [1.807, 2.05) is 0 Å². The van der Waals surface area contributed by atoms with E-state index < -0.39 is 36.0 Å². The van der Waals surface area contributed by atoms with Gasteiger partial charge < -0.3 is 4.74 Å². The Kier molecular flexibility index (Phi) is 9.88. The number of sulfonamides is 1. The zero-order valence-corrected chi connectivity index (χ0v) is 20.2. The highest BCUT2D eigenvalue weighted by Crippen LogP contribution is 2.34. The SMILES string of the molecule is C#CCN([C@@H](c1ccc(Cl)cc1)[C@@H](CN=[N+]=[N-])C(=O)OC)S(=O)(=O)CC[Si](C)(C)C. The zero-order valence-electron chi connectivity index (χ0n) is 17.6. The number of halogens is 1. The third kappa shape index (κ3) is 7.67. The molecule has 0 heterocycles. The van der Waals surface area contributed by atoms with Crippen molar-refractivity contribution in [3.63, 3.8) is 0 Å². The van der Waals surface area contributed by atoms with Gasteiger partial charge in [-0.1, -0.05) is 54.4 Å². The molecule has 0 aromatic heterocycles. The van der Waals surface area contributed by atoms with Gasteiger partial charge in [0.2, 0.25) is 10.0 Å². The third-order valence-corrected chi connectivity index (χ3v) is 8.62. The van der Waals surface area contributed by atoms with Crippen LogP contribution in [0.25, 0.3) is 10.4 Å². The zero-order chi connectivity index (χ0) is 22.9. The molecule has 11 heteroatoms. The summed E-state index contributed by atoms with van der Waals surface area (Å²) in [6.45, 7) is 5.68. The van der Waals surface area contributed by atoms with E-state index in [-0.39, 0.29) is 18.8 Å². The van der Waals surface area contributed by atoms with Crippen LogP contribution in [0, 0.1) is 18.3 Å². The highest BCUT2D eigenvalue weighted by atomic mass is 35.5. The summed E-state index contributed by atoms with van der Waals surface area (Å²) in [5.74, 6) is 0.498. The minimum absolute atomic E-state index is 0.0934. The van der Waals surface area contributed by atoms with Crippen LogP contribution >= 0.6 is 11.6 Å². The Morgan fingerprint density at radius 2 is 1.97 bits per heavy atom. The number of esters is 1. The van der Waals surface area contributed by atoms with E-state index in [9.17, 15) is 13.2 Å². The molecule has 0 fully saturated rings. The fourth-order valence-corrected chi connectivity index (χ4v) is 7.58. The monoisotopic (exact) mass is 470 g/mol. The van der Waals surface area contributed by atoms with Crippen LogP contribution in [0.15, 0.2) is 29.4 Å². The summed E-state index contributed by atoms with van der Waals surface area (Å²) >= 11 is 5.98. The number of hydrogen-bond acceptors (Lipinski definition) is 5. The average Bonchev–Trinajstić information content (AvgIpc) is 2.68. The van der Waals surface area contributed by atoms with Crippen molar-refractivity contribution in [2.45, 2.75) is 31.7 Å². The number of azide groups is 1. The van der Waals surface area contributed by atoms with E-state index in [4.69, 9.17) is 28.3 Å². The minimum Gasteiger partial charge on any atom is -0.469 e. The van der Waals surface area contributed by atoms with Crippen LogP contribution in [-0.4, -0.2) is 52.7 Å². The molecule has 0 amide bonds. The van der Waals surface area contributed by atoms with E-state index in [0.29, 0.717) is 16.6 Å². The number of carbonyl (C=O) groups excluding carboxylic acids is 1. The Morgan fingerprint density at radius 1 is 1.37 bits per heavy atom. The van der Waals surface area contributed by atoms with Gasteiger partial charge in [0, 0.05) is 24.6 Å². The molecule has 0 spiro atoms. The van der Waals surface area contributed by atoms with Gasteiger partial charge in [0.05, 0.1) is 31.4 Å². The molecule has 164 valence electrons. The van der Waals surface area contributed by atoms with Gasteiger partial charge in [-0.05, 0) is 29.3 Å². The fourth-order valence-electron chi connectivity index (χ4n) is 2.85. The molecule has 1 aromatic rings. The Labute approximate surface area is 184 Å². The summed E-state index contributed by atoms with van der Waals surface area (Å²) in [4.78, 5) is 15.3. The standard InChI is InChI=1S/C19H27ClN4O4SSi/c1-6-11-24(29(26,27)12-13-30(3,4)5)18(15-7-9-16(20)10-8-15)17(14-22-23-21)19(25)28-2/h1,7-10,17-18H,11-14H2,2-5H3/t17-,18+/m1/s1. The van der Waals surface area contributed by atoms with Gasteiger partial charge in [0.25, 0.3) is 0 Å². The highest BCUT2D eigenvalue weighted by Gasteiger charge is 2.40. The second-order valence-corrected chi connectivity index (χ2v) is 16.0. The highest BCUT2D eigenvalue weighted by molar-refractivity contribution is 7.89. The maximum atomic E-state index is 13.3. The van der Waals surface area contributed by atoms with Gasteiger partial charge in [0.1, 0.15) is 0 Å². The van der Waals surface area contributed by atoms with Crippen molar-refractivity contribution in [3.8, 4) is 12.3 Å². The molecule has 0 saturated carbocycles. The van der Waals surface area contributed by atoms with E-state index in [1.54, 1.807) is 24.3 Å². The first-order valence-electron chi connectivity index (χ1n) is 9.24. The van der Waals surface area contributed by atoms with Gasteiger partial charge in [-0.25, -0.2) is 8.42 Å². The fraction of sp³-hybridized carbons (Fsp3) is 0.526. The second kappa shape index (κ2) is 11.4. The van der Waals surface area contributed by atoms with Crippen LogP contribution in [0.5, 0.6) is 0 Å². The van der Waals surface area contributed by atoms with E-state index >= 15 is 0 Å². The molecule has 0 unspecified atom stereocenters. The molecule has 2 atom stereocenters. The van der Waals surface area contributed by atoms with Gasteiger partial charge in [-0.3, -0.25) is 4.79 Å². The molecule has 0 radical (unpaired) electrons. The van der Waals surface area contributed by atoms with E-state index in [0.717, 1.165) is 4.31 Å². The Morgan fingerprint density at radius 3 is 2.43 bits per heavy atom. The summed E-state index contributed by atoms with van der Waals surface area (Å²) < 4.78 is 32.6. The number of carbonyl (C=O) groups is 1. The predicted molar refractivity (Wildman–Crippen MR) is 121 cm³/mol. The van der Waals surface area contributed by atoms with Crippen LogP contribution < -0.4 is 0 Å². The molecular weight excluding hydrogens is 444 g/mol. The first kappa shape index (κ1) is 26.0. The van der Waals surface area contributed by atoms with Crippen molar-refractivity contribution in [2.75, 3.05) is 26.0 Å². The lowest BCUT2D eigenvalue weighted by atomic mass is 9.92. The molecule has 1 rings (SSSR count). The van der Waals surface area contributed by atoms with Crippen molar-refractivity contribution in [1.82, 2.24) is 4.31 Å². The van der Waals surface area contributed by atoms with Crippen molar-refractivity contribution < 1.29 is 17.9 Å². The molecule has 8 nitrogen and oxygen atoms in total. The Bertz CT molecular complexity index is 919.